The number of nitrogens with one attached hydrogen (secondary N) is 1. The molecule has 0 saturated heterocycles. The molecular formula is C14H15N3O2. The van der Waals surface area contributed by atoms with E-state index in [2.05, 4.69) is 10.4 Å². The molecule has 0 atom stereocenters. The molecule has 0 fully saturated rings. The van der Waals surface area contributed by atoms with Gasteiger partial charge in [-0.15, -0.1) is 0 Å². The number of ether oxygens (including phenoxy) is 1. The second-order valence-corrected chi connectivity index (χ2v) is 4.32. The van der Waals surface area contributed by atoms with Crippen LogP contribution in [0, 0.1) is 0 Å². The first-order valence-electron chi connectivity index (χ1n) is 6.05. The smallest absolute Gasteiger partial charge is 0.176 e. The minimum Gasteiger partial charge on any atom is -0.493 e. The fourth-order valence-corrected chi connectivity index (χ4v) is 2.02. The van der Waals surface area contributed by atoms with E-state index in [0.29, 0.717) is 6.54 Å². The van der Waals surface area contributed by atoms with Gasteiger partial charge >= 0.3 is 0 Å². The molecule has 0 aliphatic rings. The molecule has 98 valence electrons. The van der Waals surface area contributed by atoms with Gasteiger partial charge in [0.05, 0.1) is 13.7 Å². The highest BCUT2D eigenvalue weighted by atomic mass is 16.5. The number of nitrogens with zero attached hydrogens (tertiary/aromatic N) is 2. The minimum absolute atomic E-state index is 0.592. The van der Waals surface area contributed by atoms with E-state index < -0.39 is 0 Å². The maximum Gasteiger partial charge on any atom is 0.176 e. The maximum absolute atomic E-state index is 5.80. The van der Waals surface area contributed by atoms with Gasteiger partial charge in [0, 0.05) is 24.7 Å². The number of methoxy groups -OCH3 is 1. The van der Waals surface area contributed by atoms with E-state index in [1.54, 1.807) is 11.8 Å². The number of furan rings is 1. The van der Waals surface area contributed by atoms with E-state index in [0.717, 1.165) is 28.3 Å². The lowest BCUT2D eigenvalue weighted by Gasteiger charge is -2.00. The molecule has 5 nitrogen and oxygen atoms in total. The standard InChI is InChI=1S/C14H15N3O2/c1-17-7-6-13(16-17)15-9-11-8-10-4-3-5-12(18-2)14(10)19-11/h3-8H,9H2,1-2H3,(H,15,16). The second-order valence-electron chi connectivity index (χ2n) is 4.32. The first-order chi connectivity index (χ1) is 9.26. The van der Waals surface area contributed by atoms with E-state index in [1.807, 2.05) is 43.6 Å². The summed E-state index contributed by atoms with van der Waals surface area (Å²) in [5, 5.41) is 8.51. The fraction of sp³-hybridized carbons (Fsp3) is 0.214. The van der Waals surface area contributed by atoms with E-state index >= 15 is 0 Å². The zero-order valence-corrected chi connectivity index (χ0v) is 10.9. The lowest BCUT2D eigenvalue weighted by molar-refractivity contribution is 0.408. The van der Waals surface area contributed by atoms with Crippen molar-refractivity contribution in [1.82, 2.24) is 9.78 Å². The Morgan fingerprint density at radius 3 is 3.00 bits per heavy atom. The Bertz CT molecular complexity index is 700. The third-order valence-corrected chi connectivity index (χ3v) is 2.94. The molecule has 5 heteroatoms. The number of rotatable bonds is 4. The summed E-state index contributed by atoms with van der Waals surface area (Å²) in [5.41, 5.74) is 0.780. The van der Waals surface area contributed by atoms with Crippen LogP contribution in [0.15, 0.2) is 40.9 Å². The highest BCUT2D eigenvalue weighted by Crippen LogP contribution is 2.28. The van der Waals surface area contributed by atoms with Crippen LogP contribution in [0.5, 0.6) is 5.75 Å². The number of fused-ring (bicyclic) bond motifs is 1. The molecule has 0 bridgehead atoms. The molecule has 3 rings (SSSR count). The monoisotopic (exact) mass is 257 g/mol. The predicted octanol–water partition coefficient (Wildman–Crippen LogP) is 2.79. The fourth-order valence-electron chi connectivity index (χ4n) is 2.02. The third-order valence-electron chi connectivity index (χ3n) is 2.94. The van der Waals surface area contributed by atoms with Crippen LogP contribution in [-0.2, 0) is 13.6 Å². The van der Waals surface area contributed by atoms with Gasteiger partial charge in [-0.1, -0.05) is 12.1 Å². The summed E-state index contributed by atoms with van der Waals surface area (Å²) in [6.45, 7) is 0.592. The molecule has 2 aromatic heterocycles. The molecule has 0 aliphatic carbocycles. The van der Waals surface area contributed by atoms with Gasteiger partial charge < -0.3 is 14.5 Å². The Kier molecular flexibility index (Phi) is 2.87. The lowest BCUT2D eigenvalue weighted by Crippen LogP contribution is -1.99. The molecular weight excluding hydrogens is 242 g/mol. The van der Waals surface area contributed by atoms with Gasteiger partial charge in [0.25, 0.3) is 0 Å². The predicted molar refractivity (Wildman–Crippen MR) is 73.3 cm³/mol. The van der Waals surface area contributed by atoms with Gasteiger partial charge in [-0.2, -0.15) is 5.10 Å². The van der Waals surface area contributed by atoms with Crippen molar-refractivity contribution in [2.75, 3.05) is 12.4 Å². The highest BCUT2D eigenvalue weighted by Gasteiger charge is 2.08. The van der Waals surface area contributed by atoms with Gasteiger partial charge in [0.2, 0.25) is 0 Å². The van der Waals surface area contributed by atoms with Crippen molar-refractivity contribution in [3.8, 4) is 5.75 Å². The van der Waals surface area contributed by atoms with Crippen LogP contribution in [0.2, 0.25) is 0 Å². The van der Waals surface area contributed by atoms with Gasteiger partial charge in [-0.3, -0.25) is 4.68 Å². The van der Waals surface area contributed by atoms with Crippen molar-refractivity contribution < 1.29 is 9.15 Å². The zero-order chi connectivity index (χ0) is 13.2. The molecule has 2 heterocycles. The molecule has 0 unspecified atom stereocenters. The Labute approximate surface area is 110 Å². The summed E-state index contributed by atoms with van der Waals surface area (Å²) in [5.74, 6) is 2.43. The summed E-state index contributed by atoms with van der Waals surface area (Å²) in [7, 11) is 3.53. The quantitative estimate of drug-likeness (QED) is 0.780. The summed E-state index contributed by atoms with van der Waals surface area (Å²) in [6, 6.07) is 9.77. The van der Waals surface area contributed by atoms with Crippen LogP contribution in [0.25, 0.3) is 11.0 Å². The Balaban J connectivity index is 1.81. The largest absolute Gasteiger partial charge is 0.493 e. The molecule has 19 heavy (non-hydrogen) atoms. The lowest BCUT2D eigenvalue weighted by atomic mass is 10.2. The SMILES string of the molecule is COc1cccc2cc(CNc3ccn(C)n3)oc12. The maximum atomic E-state index is 5.80. The van der Waals surface area contributed by atoms with E-state index in [1.165, 1.54) is 0 Å². The van der Waals surface area contributed by atoms with Crippen LogP contribution >= 0.6 is 0 Å². The summed E-state index contributed by atoms with van der Waals surface area (Å²) in [6.07, 6.45) is 1.89. The Morgan fingerprint density at radius 1 is 1.37 bits per heavy atom. The molecule has 0 spiro atoms. The molecule has 3 aromatic rings. The number of hydrogen-bond donors (Lipinski definition) is 1. The second kappa shape index (κ2) is 4.68. The zero-order valence-electron chi connectivity index (χ0n) is 10.9. The van der Waals surface area contributed by atoms with E-state index in [9.17, 15) is 0 Å². The number of anilines is 1. The minimum atomic E-state index is 0.592. The van der Waals surface area contributed by atoms with Crippen LogP contribution in [-0.4, -0.2) is 16.9 Å². The number of hydrogen-bond acceptors (Lipinski definition) is 4. The van der Waals surface area contributed by atoms with E-state index in [4.69, 9.17) is 9.15 Å². The first-order valence-corrected chi connectivity index (χ1v) is 6.05. The van der Waals surface area contributed by atoms with Crippen molar-refractivity contribution in [2.24, 2.45) is 7.05 Å². The molecule has 1 aromatic carbocycles. The average Bonchev–Trinajstić information content (AvgIpc) is 3.01. The van der Waals surface area contributed by atoms with Gasteiger partial charge in [-0.05, 0) is 12.1 Å². The normalized spacial score (nSPS) is 10.8. The molecule has 0 amide bonds. The van der Waals surface area contributed by atoms with E-state index in [-0.39, 0.29) is 0 Å². The number of aromatic nitrogens is 2. The molecule has 0 aliphatic heterocycles. The van der Waals surface area contributed by atoms with Gasteiger partial charge in [-0.25, -0.2) is 0 Å². The molecule has 0 radical (unpaired) electrons. The van der Waals surface area contributed by atoms with Gasteiger partial charge in [0.15, 0.2) is 11.3 Å². The first kappa shape index (κ1) is 11.6. The topological polar surface area (TPSA) is 52.2 Å². The van der Waals surface area contributed by atoms with Crippen molar-refractivity contribution in [1.29, 1.82) is 0 Å². The Hall–Kier alpha value is -2.43. The molecule has 0 saturated carbocycles. The number of para-hydroxylation sites is 1. The van der Waals surface area contributed by atoms with Crippen LogP contribution in [0.4, 0.5) is 5.82 Å². The third kappa shape index (κ3) is 2.27. The highest BCUT2D eigenvalue weighted by molar-refractivity contribution is 5.83. The van der Waals surface area contributed by atoms with Crippen LogP contribution < -0.4 is 10.1 Å². The number of benzene rings is 1. The van der Waals surface area contributed by atoms with Crippen molar-refractivity contribution in [2.45, 2.75) is 6.54 Å². The molecule has 1 N–H and O–H groups in total. The van der Waals surface area contributed by atoms with Crippen LogP contribution in [0.3, 0.4) is 0 Å². The van der Waals surface area contributed by atoms with Gasteiger partial charge in [0.1, 0.15) is 11.6 Å². The Morgan fingerprint density at radius 2 is 2.26 bits per heavy atom. The summed E-state index contributed by atoms with van der Waals surface area (Å²) < 4.78 is 12.8. The van der Waals surface area contributed by atoms with Crippen molar-refractivity contribution >= 4 is 16.8 Å². The number of aryl methyl sites for hydroxylation is 1. The van der Waals surface area contributed by atoms with Crippen molar-refractivity contribution in [3.05, 3.63) is 42.3 Å². The summed E-state index contributed by atoms with van der Waals surface area (Å²) in [4.78, 5) is 0. The summed E-state index contributed by atoms with van der Waals surface area (Å²) >= 11 is 0. The average molecular weight is 257 g/mol. The van der Waals surface area contributed by atoms with Crippen molar-refractivity contribution in [3.63, 3.8) is 0 Å². The van der Waals surface area contributed by atoms with Crippen LogP contribution in [0.1, 0.15) is 5.76 Å².